The van der Waals surface area contributed by atoms with Crippen molar-refractivity contribution in [1.82, 2.24) is 0 Å². The normalized spacial score (nSPS) is 9.90. The minimum Gasteiger partial charge on any atom is -0.457 e. The average molecular weight is 284 g/mol. The molecule has 6 heteroatoms. The van der Waals surface area contributed by atoms with E-state index in [4.69, 9.17) is 10.00 Å². The first kappa shape index (κ1) is 14.5. The van der Waals surface area contributed by atoms with Crippen molar-refractivity contribution in [2.24, 2.45) is 0 Å². The Morgan fingerprint density at radius 3 is 2.52 bits per heavy atom. The van der Waals surface area contributed by atoms with Crippen molar-refractivity contribution in [3.05, 3.63) is 63.7 Å². The highest BCUT2D eigenvalue weighted by Crippen LogP contribution is 2.29. The van der Waals surface area contributed by atoms with Crippen molar-refractivity contribution in [3.8, 4) is 17.6 Å². The first-order chi connectivity index (χ1) is 10.1. The summed E-state index contributed by atoms with van der Waals surface area (Å²) in [4.78, 5) is 10.2. The fraction of sp³-hybridized carbons (Fsp3) is 0.133. The van der Waals surface area contributed by atoms with E-state index in [0.29, 0.717) is 23.5 Å². The van der Waals surface area contributed by atoms with E-state index in [0.717, 1.165) is 5.56 Å². The zero-order valence-corrected chi connectivity index (χ0v) is 11.0. The third-order valence-electron chi connectivity index (χ3n) is 2.86. The standard InChI is InChI=1S/C15H12N2O4/c16-8-7-11-1-4-14(5-2-11)21-15-6-3-13(17(19)20)9-12(15)10-18/h1-6,9,18H,7,10H2. The molecule has 0 aliphatic heterocycles. The molecule has 21 heavy (non-hydrogen) atoms. The summed E-state index contributed by atoms with van der Waals surface area (Å²) >= 11 is 0. The van der Waals surface area contributed by atoms with Gasteiger partial charge < -0.3 is 9.84 Å². The van der Waals surface area contributed by atoms with Crippen LogP contribution in [-0.4, -0.2) is 10.0 Å². The maximum absolute atomic E-state index is 10.7. The van der Waals surface area contributed by atoms with Crippen LogP contribution in [0.1, 0.15) is 11.1 Å². The molecule has 0 radical (unpaired) electrons. The molecule has 0 aliphatic rings. The molecule has 0 atom stereocenters. The first-order valence-electron chi connectivity index (χ1n) is 6.16. The van der Waals surface area contributed by atoms with Gasteiger partial charge in [-0.3, -0.25) is 10.1 Å². The van der Waals surface area contributed by atoms with Crippen LogP contribution >= 0.6 is 0 Å². The van der Waals surface area contributed by atoms with Gasteiger partial charge in [0.2, 0.25) is 0 Å². The second-order valence-electron chi connectivity index (χ2n) is 4.29. The SMILES string of the molecule is N#CCc1ccc(Oc2ccc([N+](=O)[O-])cc2CO)cc1. The van der Waals surface area contributed by atoms with E-state index in [1.807, 2.05) is 0 Å². The number of hydrogen-bond acceptors (Lipinski definition) is 5. The molecule has 106 valence electrons. The quantitative estimate of drug-likeness (QED) is 0.672. The van der Waals surface area contributed by atoms with Gasteiger partial charge in [-0.25, -0.2) is 0 Å². The predicted molar refractivity (Wildman–Crippen MR) is 74.9 cm³/mol. The molecule has 0 unspecified atom stereocenters. The van der Waals surface area contributed by atoms with Crippen molar-refractivity contribution >= 4 is 5.69 Å². The van der Waals surface area contributed by atoms with Gasteiger partial charge in [-0.2, -0.15) is 5.26 Å². The molecule has 0 heterocycles. The lowest BCUT2D eigenvalue weighted by molar-refractivity contribution is -0.385. The van der Waals surface area contributed by atoms with E-state index >= 15 is 0 Å². The van der Waals surface area contributed by atoms with Crippen LogP contribution in [0.3, 0.4) is 0 Å². The van der Waals surface area contributed by atoms with Gasteiger partial charge in [-0.05, 0) is 23.8 Å². The van der Waals surface area contributed by atoms with Gasteiger partial charge in [0.05, 0.1) is 24.0 Å². The van der Waals surface area contributed by atoms with E-state index in [9.17, 15) is 15.2 Å². The van der Waals surface area contributed by atoms with Gasteiger partial charge in [-0.1, -0.05) is 12.1 Å². The zero-order valence-electron chi connectivity index (χ0n) is 11.0. The summed E-state index contributed by atoms with van der Waals surface area (Å²) in [7, 11) is 0. The van der Waals surface area contributed by atoms with Gasteiger partial charge in [0, 0.05) is 17.7 Å². The lowest BCUT2D eigenvalue weighted by atomic mass is 10.1. The van der Waals surface area contributed by atoms with Crippen molar-refractivity contribution in [1.29, 1.82) is 5.26 Å². The molecule has 1 N–H and O–H groups in total. The second kappa shape index (κ2) is 6.50. The van der Waals surface area contributed by atoms with E-state index in [2.05, 4.69) is 6.07 Å². The molecule has 2 aromatic carbocycles. The Labute approximate surface area is 121 Å². The topological polar surface area (TPSA) is 96.4 Å². The third-order valence-corrected chi connectivity index (χ3v) is 2.86. The van der Waals surface area contributed by atoms with Crippen LogP contribution in [0, 0.1) is 21.4 Å². The van der Waals surface area contributed by atoms with E-state index in [1.54, 1.807) is 24.3 Å². The van der Waals surface area contributed by atoms with Gasteiger partial charge in [-0.15, -0.1) is 0 Å². The van der Waals surface area contributed by atoms with Gasteiger partial charge in [0.1, 0.15) is 11.5 Å². The predicted octanol–water partition coefficient (Wildman–Crippen LogP) is 2.95. The monoisotopic (exact) mass is 284 g/mol. The number of benzene rings is 2. The van der Waals surface area contributed by atoms with Crippen LogP contribution in [0.4, 0.5) is 5.69 Å². The Bertz CT molecular complexity index is 690. The summed E-state index contributed by atoms with van der Waals surface area (Å²) in [5, 5.41) is 28.6. The Kier molecular flexibility index (Phi) is 4.49. The number of nitro benzene ring substituents is 1. The minimum absolute atomic E-state index is 0.101. The molecule has 0 aliphatic carbocycles. The Hall–Kier alpha value is -2.91. The van der Waals surface area contributed by atoms with Crippen LogP contribution in [0.15, 0.2) is 42.5 Å². The van der Waals surface area contributed by atoms with Crippen molar-refractivity contribution in [2.45, 2.75) is 13.0 Å². The summed E-state index contributed by atoms with van der Waals surface area (Å²) in [6.45, 7) is -0.358. The summed E-state index contributed by atoms with van der Waals surface area (Å²) in [6, 6.07) is 13.0. The summed E-state index contributed by atoms with van der Waals surface area (Å²) < 4.78 is 5.60. The van der Waals surface area contributed by atoms with E-state index in [1.165, 1.54) is 18.2 Å². The Balaban J connectivity index is 2.22. The fourth-order valence-electron chi connectivity index (χ4n) is 1.80. The fourth-order valence-corrected chi connectivity index (χ4v) is 1.80. The number of nitriles is 1. The first-order valence-corrected chi connectivity index (χ1v) is 6.16. The van der Waals surface area contributed by atoms with Gasteiger partial charge in [0.25, 0.3) is 5.69 Å². The average Bonchev–Trinajstić information content (AvgIpc) is 2.49. The van der Waals surface area contributed by atoms with Crippen LogP contribution < -0.4 is 4.74 Å². The molecule has 0 saturated carbocycles. The summed E-state index contributed by atoms with van der Waals surface area (Å²) in [5.74, 6) is 0.886. The highest BCUT2D eigenvalue weighted by Gasteiger charge is 2.11. The number of aliphatic hydroxyl groups is 1. The second-order valence-corrected chi connectivity index (χ2v) is 4.29. The van der Waals surface area contributed by atoms with Gasteiger partial charge in [0.15, 0.2) is 0 Å². The van der Waals surface area contributed by atoms with Crippen molar-refractivity contribution in [2.75, 3.05) is 0 Å². The number of aliphatic hydroxyl groups excluding tert-OH is 1. The molecular weight excluding hydrogens is 272 g/mol. The molecule has 0 bridgehead atoms. The number of non-ortho nitro benzene ring substituents is 1. The Morgan fingerprint density at radius 1 is 1.24 bits per heavy atom. The number of rotatable bonds is 5. The summed E-state index contributed by atoms with van der Waals surface area (Å²) in [5.41, 5.74) is 1.11. The maximum atomic E-state index is 10.7. The number of nitrogens with zero attached hydrogens (tertiary/aromatic N) is 2. The molecule has 2 rings (SSSR count). The zero-order chi connectivity index (χ0) is 15.2. The molecule has 2 aromatic rings. The molecule has 0 fully saturated rings. The molecule has 6 nitrogen and oxygen atoms in total. The molecule has 0 spiro atoms. The molecule has 0 aromatic heterocycles. The lowest BCUT2D eigenvalue weighted by Crippen LogP contribution is -1.95. The van der Waals surface area contributed by atoms with Crippen LogP contribution in [-0.2, 0) is 13.0 Å². The highest BCUT2D eigenvalue weighted by atomic mass is 16.6. The number of hydrogen-bond donors (Lipinski definition) is 1. The lowest BCUT2D eigenvalue weighted by Gasteiger charge is -2.09. The van der Waals surface area contributed by atoms with E-state index in [-0.39, 0.29) is 12.3 Å². The van der Waals surface area contributed by atoms with Crippen molar-refractivity contribution < 1.29 is 14.8 Å². The van der Waals surface area contributed by atoms with Crippen LogP contribution in [0.2, 0.25) is 0 Å². The van der Waals surface area contributed by atoms with Gasteiger partial charge >= 0.3 is 0 Å². The molecule has 0 saturated heterocycles. The van der Waals surface area contributed by atoms with E-state index < -0.39 is 4.92 Å². The summed E-state index contributed by atoms with van der Waals surface area (Å²) in [6.07, 6.45) is 0.319. The Morgan fingerprint density at radius 2 is 1.95 bits per heavy atom. The van der Waals surface area contributed by atoms with Crippen molar-refractivity contribution in [3.63, 3.8) is 0 Å². The largest absolute Gasteiger partial charge is 0.457 e. The minimum atomic E-state index is -0.528. The van der Waals surface area contributed by atoms with Crippen LogP contribution in [0.5, 0.6) is 11.5 Å². The molecule has 0 amide bonds. The number of ether oxygens (including phenoxy) is 1. The maximum Gasteiger partial charge on any atom is 0.270 e. The third kappa shape index (κ3) is 3.55. The highest BCUT2D eigenvalue weighted by molar-refractivity contribution is 5.45. The smallest absolute Gasteiger partial charge is 0.270 e. The van der Waals surface area contributed by atoms with Crippen LogP contribution in [0.25, 0.3) is 0 Å². The molecular formula is C15H12N2O4. The number of nitro groups is 1.